The molecule has 0 fully saturated rings. The minimum atomic E-state index is 0.665. The zero-order chi connectivity index (χ0) is 13.9. The Kier molecular flexibility index (Phi) is 8.21. The lowest BCUT2D eigenvalue weighted by molar-refractivity contribution is 0.0695. The summed E-state index contributed by atoms with van der Waals surface area (Å²) in [6.45, 7) is 6.01. The highest BCUT2D eigenvalue weighted by molar-refractivity contribution is 5.36. The molecule has 0 aliphatic heterocycles. The van der Waals surface area contributed by atoms with Gasteiger partial charge in [0.25, 0.3) is 0 Å². The lowest BCUT2D eigenvalue weighted by atomic mass is 10.1. The van der Waals surface area contributed by atoms with Gasteiger partial charge in [-0.15, -0.1) is 0 Å². The third-order valence-electron chi connectivity index (χ3n) is 2.86. The average Bonchev–Trinajstić information content (AvgIpc) is 2.42. The molecule has 1 aromatic carbocycles. The molecule has 0 aliphatic carbocycles. The van der Waals surface area contributed by atoms with Crippen molar-refractivity contribution >= 4 is 0 Å². The Hall–Kier alpha value is -1.10. The van der Waals surface area contributed by atoms with Gasteiger partial charge in [-0.1, -0.05) is 12.1 Å². The molecular weight excluding hydrogens is 242 g/mol. The van der Waals surface area contributed by atoms with E-state index in [0.717, 1.165) is 31.9 Å². The first-order valence-electron chi connectivity index (χ1n) is 6.69. The molecule has 0 saturated heterocycles. The van der Waals surface area contributed by atoms with Crippen LogP contribution in [0.15, 0.2) is 18.2 Å². The molecule has 0 bridgehead atoms. The second-order valence-electron chi connectivity index (χ2n) is 4.44. The summed E-state index contributed by atoms with van der Waals surface area (Å²) in [6.07, 6.45) is 1.01. The van der Waals surface area contributed by atoms with E-state index in [9.17, 15) is 0 Å². The second-order valence-corrected chi connectivity index (χ2v) is 4.44. The number of aryl methyl sites for hydroxylation is 1. The molecule has 4 nitrogen and oxygen atoms in total. The molecule has 1 N–H and O–H groups in total. The van der Waals surface area contributed by atoms with Gasteiger partial charge in [-0.05, 0) is 37.1 Å². The lowest BCUT2D eigenvalue weighted by Crippen LogP contribution is -2.17. The predicted molar refractivity (Wildman–Crippen MR) is 76.7 cm³/mol. The Balaban J connectivity index is 2.11. The summed E-state index contributed by atoms with van der Waals surface area (Å²) in [4.78, 5) is 0. The van der Waals surface area contributed by atoms with Crippen molar-refractivity contribution in [3.05, 3.63) is 29.3 Å². The molecule has 0 heterocycles. The summed E-state index contributed by atoms with van der Waals surface area (Å²) in [5.74, 6) is 0.940. The number of ether oxygens (including phenoxy) is 3. The minimum Gasteiger partial charge on any atom is -0.496 e. The summed E-state index contributed by atoms with van der Waals surface area (Å²) in [5, 5.41) is 3.41. The van der Waals surface area contributed by atoms with Crippen molar-refractivity contribution in [1.29, 1.82) is 0 Å². The third-order valence-corrected chi connectivity index (χ3v) is 2.86. The minimum absolute atomic E-state index is 0.665. The Bertz CT molecular complexity index is 355. The SMILES string of the molecule is COCCOCCCNCc1ccc(OC)c(C)c1. The average molecular weight is 267 g/mol. The first kappa shape index (κ1) is 16.0. The first-order chi connectivity index (χ1) is 9.27. The normalized spacial score (nSPS) is 10.7. The monoisotopic (exact) mass is 267 g/mol. The van der Waals surface area contributed by atoms with Crippen LogP contribution < -0.4 is 10.1 Å². The molecule has 19 heavy (non-hydrogen) atoms. The van der Waals surface area contributed by atoms with Gasteiger partial charge in [0.2, 0.25) is 0 Å². The smallest absolute Gasteiger partial charge is 0.121 e. The van der Waals surface area contributed by atoms with E-state index in [1.165, 1.54) is 11.1 Å². The van der Waals surface area contributed by atoms with Crippen LogP contribution in [0.3, 0.4) is 0 Å². The molecular formula is C15H25NO3. The van der Waals surface area contributed by atoms with E-state index in [1.807, 2.05) is 6.07 Å². The number of nitrogens with one attached hydrogen (secondary N) is 1. The number of hydrogen-bond donors (Lipinski definition) is 1. The van der Waals surface area contributed by atoms with Gasteiger partial charge < -0.3 is 19.5 Å². The molecule has 0 aromatic heterocycles. The van der Waals surface area contributed by atoms with E-state index < -0.39 is 0 Å². The lowest BCUT2D eigenvalue weighted by Gasteiger charge is -2.09. The van der Waals surface area contributed by atoms with Crippen molar-refractivity contribution in [2.24, 2.45) is 0 Å². The van der Waals surface area contributed by atoms with Gasteiger partial charge >= 0.3 is 0 Å². The Morgan fingerprint density at radius 2 is 1.95 bits per heavy atom. The Labute approximate surface area is 116 Å². The zero-order valence-electron chi connectivity index (χ0n) is 12.2. The maximum Gasteiger partial charge on any atom is 0.121 e. The fourth-order valence-electron chi connectivity index (χ4n) is 1.83. The van der Waals surface area contributed by atoms with Crippen LogP contribution in [-0.2, 0) is 16.0 Å². The highest BCUT2D eigenvalue weighted by Gasteiger charge is 1.99. The molecule has 0 aliphatic rings. The van der Waals surface area contributed by atoms with Crippen molar-refractivity contribution in [3.8, 4) is 5.75 Å². The van der Waals surface area contributed by atoms with Gasteiger partial charge in [-0.3, -0.25) is 0 Å². The van der Waals surface area contributed by atoms with Gasteiger partial charge in [-0.2, -0.15) is 0 Å². The molecule has 4 heteroatoms. The molecule has 1 aromatic rings. The van der Waals surface area contributed by atoms with Crippen molar-refractivity contribution in [3.63, 3.8) is 0 Å². The molecule has 0 amide bonds. The highest BCUT2D eigenvalue weighted by atomic mass is 16.5. The number of methoxy groups -OCH3 is 2. The highest BCUT2D eigenvalue weighted by Crippen LogP contribution is 2.18. The van der Waals surface area contributed by atoms with E-state index in [2.05, 4.69) is 24.4 Å². The molecule has 0 atom stereocenters. The molecule has 0 radical (unpaired) electrons. The summed E-state index contributed by atoms with van der Waals surface area (Å²) < 4.78 is 15.5. The second kappa shape index (κ2) is 9.78. The van der Waals surface area contributed by atoms with Gasteiger partial charge in [0.15, 0.2) is 0 Å². The number of hydrogen-bond acceptors (Lipinski definition) is 4. The Morgan fingerprint density at radius 1 is 1.11 bits per heavy atom. The maximum atomic E-state index is 5.39. The molecule has 108 valence electrons. The van der Waals surface area contributed by atoms with Crippen molar-refractivity contribution in [2.75, 3.05) is 40.6 Å². The molecule has 0 unspecified atom stereocenters. The maximum absolute atomic E-state index is 5.39. The van der Waals surface area contributed by atoms with Crippen LogP contribution in [0, 0.1) is 6.92 Å². The van der Waals surface area contributed by atoms with Gasteiger partial charge in [0, 0.05) is 20.3 Å². The summed E-state index contributed by atoms with van der Waals surface area (Å²) in [7, 11) is 3.38. The van der Waals surface area contributed by atoms with Crippen LogP contribution in [0.5, 0.6) is 5.75 Å². The Morgan fingerprint density at radius 3 is 2.63 bits per heavy atom. The largest absolute Gasteiger partial charge is 0.496 e. The summed E-state index contributed by atoms with van der Waals surface area (Å²) in [5.41, 5.74) is 2.45. The number of benzene rings is 1. The van der Waals surface area contributed by atoms with E-state index in [4.69, 9.17) is 14.2 Å². The van der Waals surface area contributed by atoms with Gasteiger partial charge in [0.05, 0.1) is 20.3 Å². The zero-order valence-corrected chi connectivity index (χ0v) is 12.2. The summed E-state index contributed by atoms with van der Waals surface area (Å²) in [6, 6.07) is 6.26. The van der Waals surface area contributed by atoms with Crippen molar-refractivity contribution in [1.82, 2.24) is 5.32 Å². The molecule has 1 rings (SSSR count). The van der Waals surface area contributed by atoms with Crippen LogP contribution in [0.2, 0.25) is 0 Å². The van der Waals surface area contributed by atoms with Gasteiger partial charge in [0.1, 0.15) is 5.75 Å². The van der Waals surface area contributed by atoms with Crippen LogP contribution in [-0.4, -0.2) is 40.6 Å². The van der Waals surface area contributed by atoms with E-state index in [-0.39, 0.29) is 0 Å². The van der Waals surface area contributed by atoms with E-state index >= 15 is 0 Å². The number of rotatable bonds is 10. The fraction of sp³-hybridized carbons (Fsp3) is 0.600. The van der Waals surface area contributed by atoms with Crippen LogP contribution in [0.25, 0.3) is 0 Å². The third kappa shape index (κ3) is 6.57. The van der Waals surface area contributed by atoms with E-state index in [0.29, 0.717) is 13.2 Å². The predicted octanol–water partition coefficient (Wildman–Crippen LogP) is 2.15. The standard InChI is InChI=1S/C15H25NO3/c1-13-11-14(5-6-15(13)18-3)12-16-7-4-8-19-10-9-17-2/h5-6,11,16H,4,7-10,12H2,1-3H3. The topological polar surface area (TPSA) is 39.7 Å². The van der Waals surface area contributed by atoms with Crippen molar-refractivity contribution < 1.29 is 14.2 Å². The quantitative estimate of drug-likeness (QED) is 0.659. The van der Waals surface area contributed by atoms with Crippen LogP contribution in [0.1, 0.15) is 17.5 Å². The molecule has 0 spiro atoms. The van der Waals surface area contributed by atoms with Gasteiger partial charge in [-0.25, -0.2) is 0 Å². The fourth-order valence-corrected chi connectivity index (χ4v) is 1.83. The first-order valence-corrected chi connectivity index (χ1v) is 6.69. The van der Waals surface area contributed by atoms with Crippen LogP contribution in [0.4, 0.5) is 0 Å². The molecule has 0 saturated carbocycles. The summed E-state index contributed by atoms with van der Waals surface area (Å²) >= 11 is 0. The van der Waals surface area contributed by atoms with Crippen molar-refractivity contribution in [2.45, 2.75) is 19.9 Å². The van der Waals surface area contributed by atoms with Crippen LogP contribution >= 0.6 is 0 Å². The van der Waals surface area contributed by atoms with E-state index in [1.54, 1.807) is 14.2 Å².